The van der Waals surface area contributed by atoms with Crippen LogP contribution in [0.3, 0.4) is 0 Å². The third kappa shape index (κ3) is 4.83. The van der Waals surface area contributed by atoms with E-state index in [2.05, 4.69) is 45.6 Å². The van der Waals surface area contributed by atoms with E-state index in [4.69, 9.17) is 10.5 Å². The lowest BCUT2D eigenvalue weighted by Gasteiger charge is -2.29. The first-order valence-electron chi connectivity index (χ1n) is 11.3. The number of hydrogen-bond acceptors (Lipinski definition) is 3. The van der Waals surface area contributed by atoms with Gasteiger partial charge >= 0.3 is 0 Å². The van der Waals surface area contributed by atoms with Crippen LogP contribution in [0.4, 0.5) is 5.69 Å². The maximum Gasteiger partial charge on any atom is 0.146 e. The normalized spacial score (nSPS) is 19.1. The Labute approximate surface area is 182 Å². The molecular formula is C27H37NO2. The van der Waals surface area contributed by atoms with Gasteiger partial charge in [-0.05, 0) is 112 Å². The molecule has 2 aromatic rings. The highest BCUT2D eigenvalue weighted by Gasteiger charge is 2.24. The molecule has 0 spiro atoms. The lowest BCUT2D eigenvalue weighted by atomic mass is 9.78. The van der Waals surface area contributed by atoms with Gasteiger partial charge in [-0.1, -0.05) is 24.3 Å². The van der Waals surface area contributed by atoms with Gasteiger partial charge in [-0.25, -0.2) is 0 Å². The molecule has 0 heterocycles. The minimum atomic E-state index is 0.0791. The molecule has 2 aromatic carbocycles. The molecule has 162 valence electrons. The van der Waals surface area contributed by atoms with E-state index in [0.717, 1.165) is 53.8 Å². The summed E-state index contributed by atoms with van der Waals surface area (Å²) in [5.41, 5.74) is 13.3. The Morgan fingerprint density at radius 3 is 2.30 bits per heavy atom. The molecule has 0 aromatic heterocycles. The molecule has 3 heteroatoms. The number of ether oxygens (including phenoxy) is 1. The number of anilines is 1. The summed E-state index contributed by atoms with van der Waals surface area (Å²) in [5.74, 6) is 2.37. The van der Waals surface area contributed by atoms with Gasteiger partial charge in [0.25, 0.3) is 0 Å². The maximum atomic E-state index is 9.93. The Kier molecular flexibility index (Phi) is 7.12. The number of nitrogen functional groups attached to an aromatic ring is 1. The SMILES string of the molecule is C=CC1CCC(c2ccc(CCc3ccc(O)c(C)c3C)c(OC(C)C)c2N)CC1. The number of allylic oxidation sites excluding steroid dienone is 1. The fraction of sp³-hybridized carbons (Fsp3) is 0.481. The lowest BCUT2D eigenvalue weighted by molar-refractivity contribution is 0.241. The molecule has 0 amide bonds. The zero-order chi connectivity index (χ0) is 21.8. The molecule has 1 aliphatic carbocycles. The number of aromatic hydroxyl groups is 1. The lowest BCUT2D eigenvalue weighted by Crippen LogP contribution is -2.16. The Hall–Kier alpha value is -2.42. The monoisotopic (exact) mass is 407 g/mol. The summed E-state index contributed by atoms with van der Waals surface area (Å²) in [6, 6.07) is 8.26. The number of rotatable bonds is 7. The van der Waals surface area contributed by atoms with Crippen molar-refractivity contribution < 1.29 is 9.84 Å². The Morgan fingerprint density at radius 1 is 1.03 bits per heavy atom. The van der Waals surface area contributed by atoms with Gasteiger partial charge in [0, 0.05) is 0 Å². The number of phenols is 1. The van der Waals surface area contributed by atoms with Crippen LogP contribution in [-0.2, 0) is 12.8 Å². The Bertz CT molecular complexity index is 892. The fourth-order valence-electron chi connectivity index (χ4n) is 4.66. The summed E-state index contributed by atoms with van der Waals surface area (Å²) < 4.78 is 6.23. The third-order valence-electron chi connectivity index (χ3n) is 6.74. The number of phenolic OH excluding ortho intramolecular Hbond substituents is 1. The molecule has 1 fully saturated rings. The molecule has 1 saturated carbocycles. The topological polar surface area (TPSA) is 55.5 Å². The van der Waals surface area contributed by atoms with Crippen LogP contribution in [0.15, 0.2) is 36.9 Å². The highest BCUT2D eigenvalue weighted by molar-refractivity contribution is 5.63. The van der Waals surface area contributed by atoms with E-state index in [1.807, 2.05) is 13.0 Å². The predicted octanol–water partition coefficient (Wildman–Crippen LogP) is 6.62. The standard InChI is InChI=1S/C27H37NO2/c1-6-20-7-9-22(10-8-20)24-15-13-23(27(26(24)28)30-17(2)3)12-11-21-14-16-25(29)19(5)18(21)4/h6,13-17,20,22,29H,1,7-12,28H2,2-5H3. The molecule has 0 atom stereocenters. The number of hydrogen-bond donors (Lipinski definition) is 2. The van der Waals surface area contributed by atoms with Crippen molar-refractivity contribution >= 4 is 5.69 Å². The number of benzene rings is 2. The number of nitrogens with two attached hydrogens (primary N) is 1. The molecule has 0 aliphatic heterocycles. The summed E-state index contributed by atoms with van der Waals surface area (Å²) in [5, 5.41) is 9.93. The smallest absolute Gasteiger partial charge is 0.146 e. The number of aryl methyl sites for hydroxylation is 2. The van der Waals surface area contributed by atoms with Crippen LogP contribution < -0.4 is 10.5 Å². The molecule has 3 rings (SSSR count). The van der Waals surface area contributed by atoms with E-state index in [1.165, 1.54) is 24.0 Å². The zero-order valence-electron chi connectivity index (χ0n) is 19.0. The van der Waals surface area contributed by atoms with Crippen molar-refractivity contribution in [3.05, 3.63) is 64.7 Å². The van der Waals surface area contributed by atoms with E-state index >= 15 is 0 Å². The average Bonchev–Trinajstić information content (AvgIpc) is 2.73. The van der Waals surface area contributed by atoms with Gasteiger partial charge in [0.2, 0.25) is 0 Å². The third-order valence-corrected chi connectivity index (χ3v) is 6.74. The average molecular weight is 408 g/mol. The summed E-state index contributed by atoms with van der Waals surface area (Å²) in [6.45, 7) is 12.1. The van der Waals surface area contributed by atoms with Gasteiger partial charge in [0.05, 0.1) is 11.8 Å². The fourth-order valence-corrected chi connectivity index (χ4v) is 4.66. The van der Waals surface area contributed by atoms with Gasteiger partial charge in [0.1, 0.15) is 11.5 Å². The van der Waals surface area contributed by atoms with E-state index in [0.29, 0.717) is 17.6 Å². The van der Waals surface area contributed by atoms with Gasteiger partial charge in [-0.3, -0.25) is 0 Å². The summed E-state index contributed by atoms with van der Waals surface area (Å²) >= 11 is 0. The largest absolute Gasteiger partial charge is 0.508 e. The van der Waals surface area contributed by atoms with Gasteiger partial charge in [0.15, 0.2) is 0 Å². The van der Waals surface area contributed by atoms with Gasteiger partial charge < -0.3 is 15.6 Å². The highest BCUT2D eigenvalue weighted by atomic mass is 16.5. The van der Waals surface area contributed by atoms with Crippen molar-refractivity contribution in [3.63, 3.8) is 0 Å². The minimum Gasteiger partial charge on any atom is -0.508 e. The quantitative estimate of drug-likeness (QED) is 0.400. The van der Waals surface area contributed by atoms with Gasteiger partial charge in [-0.2, -0.15) is 0 Å². The minimum absolute atomic E-state index is 0.0791. The first-order chi connectivity index (χ1) is 14.3. The molecule has 0 unspecified atom stereocenters. The molecule has 3 nitrogen and oxygen atoms in total. The molecule has 0 bridgehead atoms. The van der Waals surface area contributed by atoms with Crippen LogP contribution >= 0.6 is 0 Å². The Balaban J connectivity index is 1.85. The second kappa shape index (κ2) is 9.59. The summed E-state index contributed by atoms with van der Waals surface area (Å²) in [7, 11) is 0. The summed E-state index contributed by atoms with van der Waals surface area (Å²) in [4.78, 5) is 0. The molecule has 0 radical (unpaired) electrons. The second-order valence-corrected chi connectivity index (χ2v) is 9.06. The first-order valence-corrected chi connectivity index (χ1v) is 11.3. The first kappa shape index (κ1) is 22.3. The maximum absolute atomic E-state index is 9.93. The van der Waals surface area contributed by atoms with Crippen LogP contribution in [0.2, 0.25) is 0 Å². The molecule has 0 saturated heterocycles. The van der Waals surface area contributed by atoms with Crippen LogP contribution in [0, 0.1) is 19.8 Å². The van der Waals surface area contributed by atoms with Crippen LogP contribution in [0.25, 0.3) is 0 Å². The van der Waals surface area contributed by atoms with Crippen molar-refractivity contribution in [2.24, 2.45) is 5.92 Å². The van der Waals surface area contributed by atoms with E-state index in [9.17, 15) is 5.11 Å². The predicted molar refractivity (Wildman–Crippen MR) is 127 cm³/mol. The van der Waals surface area contributed by atoms with Crippen molar-refractivity contribution in [1.29, 1.82) is 0 Å². The van der Waals surface area contributed by atoms with Crippen molar-refractivity contribution in [2.45, 2.75) is 78.2 Å². The van der Waals surface area contributed by atoms with E-state index < -0.39 is 0 Å². The molecule has 3 N–H and O–H groups in total. The van der Waals surface area contributed by atoms with E-state index in [1.54, 1.807) is 6.07 Å². The highest BCUT2D eigenvalue weighted by Crippen LogP contribution is 2.42. The molecule has 30 heavy (non-hydrogen) atoms. The second-order valence-electron chi connectivity index (χ2n) is 9.06. The van der Waals surface area contributed by atoms with Crippen molar-refractivity contribution in [2.75, 3.05) is 5.73 Å². The summed E-state index contributed by atoms with van der Waals surface area (Å²) in [6.07, 6.45) is 8.63. The molecular weight excluding hydrogens is 370 g/mol. The Morgan fingerprint density at radius 2 is 1.67 bits per heavy atom. The van der Waals surface area contributed by atoms with Crippen LogP contribution in [0.1, 0.15) is 73.3 Å². The van der Waals surface area contributed by atoms with E-state index in [-0.39, 0.29) is 6.10 Å². The molecule has 1 aliphatic rings. The van der Waals surface area contributed by atoms with Crippen LogP contribution in [-0.4, -0.2) is 11.2 Å². The van der Waals surface area contributed by atoms with Crippen LogP contribution in [0.5, 0.6) is 11.5 Å². The van der Waals surface area contributed by atoms with Crippen molar-refractivity contribution in [3.8, 4) is 11.5 Å². The van der Waals surface area contributed by atoms with Crippen molar-refractivity contribution in [1.82, 2.24) is 0 Å². The zero-order valence-corrected chi connectivity index (χ0v) is 19.0. The van der Waals surface area contributed by atoms with Gasteiger partial charge in [-0.15, -0.1) is 6.58 Å².